The van der Waals surface area contributed by atoms with Crippen LogP contribution in [0.4, 0.5) is 0 Å². The second kappa shape index (κ2) is 7.51. The van der Waals surface area contributed by atoms with Gasteiger partial charge in [0.25, 0.3) is 10.2 Å². The molecule has 0 atom stereocenters. The molecule has 1 aliphatic heterocycles. The molecule has 114 valence electrons. The van der Waals surface area contributed by atoms with Crippen LogP contribution in [0.1, 0.15) is 18.4 Å². The summed E-state index contributed by atoms with van der Waals surface area (Å²) in [6, 6.07) is 2.03. The molecule has 2 heterocycles. The molecule has 1 aromatic heterocycles. The standard InChI is InChI=1S/C13H23N3O2S2/c1-14-10-12-3-7-16(8-4-12)20(17,18)15-6-2-13-5-9-19-11-13/h5,9,11-12,14-15H,2-4,6-8,10H2,1H3. The molecule has 1 aliphatic rings. The van der Waals surface area contributed by atoms with Gasteiger partial charge < -0.3 is 5.32 Å². The summed E-state index contributed by atoms with van der Waals surface area (Å²) >= 11 is 1.64. The average molecular weight is 317 g/mol. The molecule has 0 bridgehead atoms. The molecule has 0 unspecified atom stereocenters. The Morgan fingerprint density at radius 2 is 2.15 bits per heavy atom. The van der Waals surface area contributed by atoms with Crippen LogP contribution in [0.15, 0.2) is 16.8 Å². The summed E-state index contributed by atoms with van der Waals surface area (Å²) in [6.45, 7) is 2.69. The van der Waals surface area contributed by atoms with Crippen molar-refractivity contribution >= 4 is 21.5 Å². The number of piperidine rings is 1. The van der Waals surface area contributed by atoms with Gasteiger partial charge in [0, 0.05) is 19.6 Å². The van der Waals surface area contributed by atoms with Crippen LogP contribution in [0.2, 0.25) is 0 Å². The van der Waals surface area contributed by atoms with Crippen LogP contribution in [0.5, 0.6) is 0 Å². The highest BCUT2D eigenvalue weighted by Crippen LogP contribution is 2.18. The highest BCUT2D eigenvalue weighted by Gasteiger charge is 2.27. The fourth-order valence-electron chi connectivity index (χ4n) is 2.49. The van der Waals surface area contributed by atoms with E-state index in [1.54, 1.807) is 15.6 Å². The Labute approximate surface area is 125 Å². The van der Waals surface area contributed by atoms with Crippen molar-refractivity contribution in [1.29, 1.82) is 0 Å². The van der Waals surface area contributed by atoms with Crippen molar-refractivity contribution in [2.75, 3.05) is 33.2 Å². The average Bonchev–Trinajstić information content (AvgIpc) is 2.93. The number of nitrogens with zero attached hydrogens (tertiary/aromatic N) is 1. The van der Waals surface area contributed by atoms with Gasteiger partial charge in [0.1, 0.15) is 0 Å². The normalized spacial score (nSPS) is 18.4. The minimum Gasteiger partial charge on any atom is -0.319 e. The lowest BCUT2D eigenvalue weighted by atomic mass is 9.98. The molecule has 7 heteroatoms. The first-order valence-electron chi connectivity index (χ1n) is 7.02. The number of hydrogen-bond acceptors (Lipinski definition) is 4. The minimum atomic E-state index is -3.31. The fraction of sp³-hybridized carbons (Fsp3) is 0.692. The van der Waals surface area contributed by atoms with Gasteiger partial charge in [-0.1, -0.05) is 0 Å². The second-order valence-corrected chi connectivity index (χ2v) is 7.72. The van der Waals surface area contributed by atoms with Crippen molar-refractivity contribution in [1.82, 2.24) is 14.3 Å². The van der Waals surface area contributed by atoms with Crippen molar-refractivity contribution in [3.63, 3.8) is 0 Å². The highest BCUT2D eigenvalue weighted by atomic mass is 32.2. The molecule has 1 saturated heterocycles. The molecule has 2 rings (SSSR count). The van der Waals surface area contributed by atoms with Gasteiger partial charge in [0.15, 0.2) is 0 Å². The Bertz CT molecular complexity index is 480. The van der Waals surface area contributed by atoms with Crippen molar-refractivity contribution in [2.45, 2.75) is 19.3 Å². The lowest BCUT2D eigenvalue weighted by Crippen LogP contribution is -2.46. The fourth-order valence-corrected chi connectivity index (χ4v) is 4.43. The monoisotopic (exact) mass is 317 g/mol. The summed E-state index contributed by atoms with van der Waals surface area (Å²) in [4.78, 5) is 0. The molecule has 0 saturated carbocycles. The van der Waals surface area contributed by atoms with Gasteiger partial charge in [0.05, 0.1) is 0 Å². The van der Waals surface area contributed by atoms with Crippen LogP contribution in [0.25, 0.3) is 0 Å². The van der Waals surface area contributed by atoms with Crippen molar-refractivity contribution in [3.05, 3.63) is 22.4 Å². The first kappa shape index (κ1) is 15.9. The Hall–Kier alpha value is -0.470. The zero-order chi connectivity index (χ0) is 14.4. The number of thiophene rings is 1. The molecule has 5 nitrogen and oxygen atoms in total. The van der Waals surface area contributed by atoms with E-state index >= 15 is 0 Å². The van der Waals surface area contributed by atoms with Crippen LogP contribution in [-0.4, -0.2) is 45.9 Å². The number of rotatable bonds is 7. The van der Waals surface area contributed by atoms with Gasteiger partial charge in [-0.25, -0.2) is 4.72 Å². The predicted molar refractivity (Wildman–Crippen MR) is 83.2 cm³/mol. The number of hydrogen-bond donors (Lipinski definition) is 2. The molecule has 1 fully saturated rings. The molecule has 0 spiro atoms. The summed E-state index contributed by atoms with van der Waals surface area (Å²) in [5, 5.41) is 7.22. The molecule has 1 aromatic rings. The first-order chi connectivity index (χ1) is 9.62. The van der Waals surface area contributed by atoms with E-state index in [2.05, 4.69) is 15.4 Å². The molecule has 0 aliphatic carbocycles. The Morgan fingerprint density at radius 3 is 2.75 bits per heavy atom. The second-order valence-electron chi connectivity index (χ2n) is 5.18. The largest absolute Gasteiger partial charge is 0.319 e. The van der Waals surface area contributed by atoms with Gasteiger partial charge >= 0.3 is 0 Å². The van der Waals surface area contributed by atoms with E-state index in [0.29, 0.717) is 25.6 Å². The van der Waals surface area contributed by atoms with Crippen molar-refractivity contribution in [2.24, 2.45) is 5.92 Å². The van der Waals surface area contributed by atoms with E-state index in [0.717, 1.165) is 25.8 Å². The maximum atomic E-state index is 12.2. The van der Waals surface area contributed by atoms with Crippen LogP contribution < -0.4 is 10.0 Å². The molecule has 0 aromatic carbocycles. The Morgan fingerprint density at radius 1 is 1.40 bits per heavy atom. The Kier molecular flexibility index (Phi) is 5.98. The third kappa shape index (κ3) is 4.53. The maximum Gasteiger partial charge on any atom is 0.279 e. The molecule has 2 N–H and O–H groups in total. The summed E-state index contributed by atoms with van der Waals surface area (Å²) in [7, 11) is -1.37. The third-order valence-electron chi connectivity index (χ3n) is 3.68. The Balaban J connectivity index is 1.76. The molecular weight excluding hydrogens is 294 g/mol. The summed E-state index contributed by atoms with van der Waals surface area (Å²) in [5.41, 5.74) is 1.19. The quantitative estimate of drug-likeness (QED) is 0.790. The van der Waals surface area contributed by atoms with Crippen LogP contribution in [0.3, 0.4) is 0 Å². The highest BCUT2D eigenvalue weighted by molar-refractivity contribution is 7.87. The van der Waals surface area contributed by atoms with E-state index in [4.69, 9.17) is 0 Å². The minimum absolute atomic E-state index is 0.468. The van der Waals surface area contributed by atoms with E-state index in [1.807, 2.05) is 18.5 Å². The van der Waals surface area contributed by atoms with Gasteiger partial charge in [-0.2, -0.15) is 24.1 Å². The maximum absolute atomic E-state index is 12.2. The summed E-state index contributed by atoms with van der Waals surface area (Å²) in [5.74, 6) is 0.595. The lowest BCUT2D eigenvalue weighted by Gasteiger charge is -2.31. The van der Waals surface area contributed by atoms with Crippen molar-refractivity contribution in [3.8, 4) is 0 Å². The van der Waals surface area contributed by atoms with Gasteiger partial charge in [-0.15, -0.1) is 0 Å². The predicted octanol–water partition coefficient (Wildman–Crippen LogP) is 1.06. The summed E-state index contributed by atoms with van der Waals surface area (Å²) in [6.07, 6.45) is 2.62. The number of nitrogens with one attached hydrogen (secondary N) is 2. The zero-order valence-corrected chi connectivity index (χ0v) is 13.5. The lowest BCUT2D eigenvalue weighted by molar-refractivity contribution is 0.268. The molecule has 0 radical (unpaired) electrons. The van der Waals surface area contributed by atoms with Gasteiger partial charge in [0.2, 0.25) is 0 Å². The van der Waals surface area contributed by atoms with E-state index in [-0.39, 0.29) is 0 Å². The molecule has 20 heavy (non-hydrogen) atoms. The smallest absolute Gasteiger partial charge is 0.279 e. The van der Waals surface area contributed by atoms with Crippen molar-refractivity contribution < 1.29 is 8.42 Å². The van der Waals surface area contributed by atoms with Crippen LogP contribution in [-0.2, 0) is 16.6 Å². The summed E-state index contributed by atoms with van der Waals surface area (Å²) < 4.78 is 28.6. The topological polar surface area (TPSA) is 61.4 Å². The SMILES string of the molecule is CNCC1CCN(S(=O)(=O)NCCc2ccsc2)CC1. The van der Waals surface area contributed by atoms with E-state index < -0.39 is 10.2 Å². The van der Waals surface area contributed by atoms with Crippen LogP contribution >= 0.6 is 11.3 Å². The van der Waals surface area contributed by atoms with Gasteiger partial charge in [-0.3, -0.25) is 0 Å². The molecule has 0 amide bonds. The van der Waals surface area contributed by atoms with E-state index in [9.17, 15) is 8.42 Å². The van der Waals surface area contributed by atoms with Crippen LogP contribution in [0, 0.1) is 5.92 Å². The van der Waals surface area contributed by atoms with E-state index in [1.165, 1.54) is 5.56 Å². The first-order valence-corrected chi connectivity index (χ1v) is 9.40. The van der Waals surface area contributed by atoms with Gasteiger partial charge in [-0.05, 0) is 61.2 Å². The zero-order valence-electron chi connectivity index (χ0n) is 11.8. The molecular formula is C13H23N3O2S2. The third-order valence-corrected chi connectivity index (χ3v) is 6.03.